The van der Waals surface area contributed by atoms with Crippen molar-refractivity contribution in [3.05, 3.63) is 0 Å². The normalized spacial score (nSPS) is 12.9. The van der Waals surface area contributed by atoms with Crippen molar-refractivity contribution in [1.82, 2.24) is 5.32 Å². The molecule has 0 saturated carbocycles. The van der Waals surface area contributed by atoms with Gasteiger partial charge in [-0.2, -0.15) is 0 Å². The van der Waals surface area contributed by atoms with Gasteiger partial charge in [0, 0.05) is 19.2 Å². The molecule has 0 bridgehead atoms. The fourth-order valence-electron chi connectivity index (χ4n) is 2.00. The minimum Gasteiger partial charge on any atom is -0.380 e. The summed E-state index contributed by atoms with van der Waals surface area (Å²) in [7, 11) is 0. The standard InChI is InChI=1S/C15H33NO/c1-4-6-7-8-9-10-13-17-14-12-16-15(3)11-5-2/h15-16H,4-14H2,1-3H3. The van der Waals surface area contributed by atoms with Crippen molar-refractivity contribution in [1.29, 1.82) is 0 Å². The molecule has 0 amide bonds. The second-order valence-corrected chi connectivity index (χ2v) is 5.02. The van der Waals surface area contributed by atoms with Gasteiger partial charge in [0.05, 0.1) is 6.61 Å². The fraction of sp³-hybridized carbons (Fsp3) is 1.00. The van der Waals surface area contributed by atoms with E-state index in [4.69, 9.17) is 4.74 Å². The van der Waals surface area contributed by atoms with Gasteiger partial charge in [0.25, 0.3) is 0 Å². The highest BCUT2D eigenvalue weighted by Gasteiger charge is 1.98. The molecule has 0 saturated heterocycles. The molecule has 0 aromatic heterocycles. The molecule has 0 aliphatic heterocycles. The Morgan fingerprint density at radius 3 is 2.29 bits per heavy atom. The van der Waals surface area contributed by atoms with Crippen LogP contribution in [0.2, 0.25) is 0 Å². The van der Waals surface area contributed by atoms with Crippen molar-refractivity contribution in [3.8, 4) is 0 Å². The minimum atomic E-state index is 0.637. The van der Waals surface area contributed by atoms with Crippen LogP contribution in [0.5, 0.6) is 0 Å². The van der Waals surface area contributed by atoms with Crippen LogP contribution >= 0.6 is 0 Å². The van der Waals surface area contributed by atoms with Gasteiger partial charge in [0.1, 0.15) is 0 Å². The molecule has 0 aromatic rings. The largest absolute Gasteiger partial charge is 0.380 e. The SMILES string of the molecule is CCCCCCCCOCCNC(C)CCC. The Morgan fingerprint density at radius 1 is 0.882 bits per heavy atom. The second-order valence-electron chi connectivity index (χ2n) is 5.02. The molecular weight excluding hydrogens is 210 g/mol. The third kappa shape index (κ3) is 13.9. The molecule has 0 heterocycles. The first-order valence-electron chi connectivity index (χ1n) is 7.62. The lowest BCUT2D eigenvalue weighted by molar-refractivity contribution is 0.129. The van der Waals surface area contributed by atoms with Crippen molar-refractivity contribution < 1.29 is 4.74 Å². The lowest BCUT2D eigenvalue weighted by atomic mass is 10.1. The molecular formula is C15H33NO. The molecule has 0 radical (unpaired) electrons. The smallest absolute Gasteiger partial charge is 0.0590 e. The van der Waals surface area contributed by atoms with Crippen molar-refractivity contribution in [3.63, 3.8) is 0 Å². The van der Waals surface area contributed by atoms with Gasteiger partial charge in [-0.1, -0.05) is 52.4 Å². The summed E-state index contributed by atoms with van der Waals surface area (Å²) in [4.78, 5) is 0. The first-order valence-corrected chi connectivity index (χ1v) is 7.62. The van der Waals surface area contributed by atoms with Gasteiger partial charge in [-0.05, 0) is 19.8 Å². The zero-order chi connectivity index (χ0) is 12.8. The Morgan fingerprint density at radius 2 is 1.59 bits per heavy atom. The summed E-state index contributed by atoms with van der Waals surface area (Å²) in [6, 6.07) is 0.637. The number of hydrogen-bond donors (Lipinski definition) is 1. The molecule has 0 rings (SSSR count). The molecule has 17 heavy (non-hydrogen) atoms. The van der Waals surface area contributed by atoms with Crippen LogP contribution in [0, 0.1) is 0 Å². The molecule has 2 nitrogen and oxygen atoms in total. The minimum absolute atomic E-state index is 0.637. The number of rotatable bonds is 13. The summed E-state index contributed by atoms with van der Waals surface area (Å²) in [6.07, 6.45) is 10.6. The maximum Gasteiger partial charge on any atom is 0.0590 e. The molecule has 0 aliphatic carbocycles. The summed E-state index contributed by atoms with van der Waals surface area (Å²) in [5.41, 5.74) is 0. The maximum atomic E-state index is 5.61. The Hall–Kier alpha value is -0.0800. The van der Waals surface area contributed by atoms with E-state index in [-0.39, 0.29) is 0 Å². The first-order chi connectivity index (χ1) is 8.31. The Bertz CT molecular complexity index is 139. The summed E-state index contributed by atoms with van der Waals surface area (Å²) < 4.78 is 5.61. The van der Waals surface area contributed by atoms with Crippen LogP contribution in [0.4, 0.5) is 0 Å². The summed E-state index contributed by atoms with van der Waals surface area (Å²) in [6.45, 7) is 9.54. The number of ether oxygens (including phenoxy) is 1. The summed E-state index contributed by atoms with van der Waals surface area (Å²) in [5.74, 6) is 0. The van der Waals surface area contributed by atoms with Crippen LogP contribution in [0.15, 0.2) is 0 Å². The highest BCUT2D eigenvalue weighted by molar-refractivity contribution is 4.58. The maximum absolute atomic E-state index is 5.61. The van der Waals surface area contributed by atoms with Crippen LogP contribution in [0.1, 0.15) is 72.1 Å². The second kappa shape index (κ2) is 14.0. The van der Waals surface area contributed by atoms with Gasteiger partial charge < -0.3 is 10.1 Å². The number of hydrogen-bond acceptors (Lipinski definition) is 2. The van der Waals surface area contributed by atoms with E-state index >= 15 is 0 Å². The van der Waals surface area contributed by atoms with Crippen LogP contribution < -0.4 is 5.32 Å². The summed E-state index contributed by atoms with van der Waals surface area (Å²) in [5, 5.41) is 3.48. The highest BCUT2D eigenvalue weighted by Crippen LogP contribution is 2.04. The van der Waals surface area contributed by atoms with Gasteiger partial charge in [-0.15, -0.1) is 0 Å². The van der Waals surface area contributed by atoms with Crippen molar-refractivity contribution in [2.24, 2.45) is 0 Å². The van der Waals surface area contributed by atoms with E-state index in [0.29, 0.717) is 6.04 Å². The molecule has 1 unspecified atom stereocenters. The monoisotopic (exact) mass is 243 g/mol. The average molecular weight is 243 g/mol. The van der Waals surface area contributed by atoms with Crippen LogP contribution in [0.3, 0.4) is 0 Å². The van der Waals surface area contributed by atoms with Gasteiger partial charge in [-0.3, -0.25) is 0 Å². The third-order valence-corrected chi connectivity index (χ3v) is 3.10. The van der Waals surface area contributed by atoms with Crippen molar-refractivity contribution in [2.75, 3.05) is 19.8 Å². The topological polar surface area (TPSA) is 21.3 Å². The molecule has 1 atom stereocenters. The quantitative estimate of drug-likeness (QED) is 0.491. The lowest BCUT2D eigenvalue weighted by Gasteiger charge is -2.12. The van der Waals surface area contributed by atoms with E-state index in [9.17, 15) is 0 Å². The Labute approximate surface area is 109 Å². The van der Waals surface area contributed by atoms with Crippen LogP contribution in [-0.4, -0.2) is 25.8 Å². The average Bonchev–Trinajstić information content (AvgIpc) is 2.32. The molecule has 1 N–H and O–H groups in total. The number of unbranched alkanes of at least 4 members (excludes halogenated alkanes) is 5. The Balaban J connectivity index is 2.98. The van der Waals surface area contributed by atoms with Gasteiger partial charge >= 0.3 is 0 Å². The zero-order valence-corrected chi connectivity index (χ0v) is 12.3. The van der Waals surface area contributed by atoms with Crippen molar-refractivity contribution >= 4 is 0 Å². The van der Waals surface area contributed by atoms with E-state index in [0.717, 1.165) is 19.8 Å². The van der Waals surface area contributed by atoms with E-state index in [1.54, 1.807) is 0 Å². The predicted molar refractivity (Wildman–Crippen MR) is 76.6 cm³/mol. The van der Waals surface area contributed by atoms with E-state index in [1.807, 2.05) is 0 Å². The summed E-state index contributed by atoms with van der Waals surface area (Å²) >= 11 is 0. The van der Waals surface area contributed by atoms with E-state index in [1.165, 1.54) is 51.4 Å². The zero-order valence-electron chi connectivity index (χ0n) is 12.3. The highest BCUT2D eigenvalue weighted by atomic mass is 16.5. The van der Waals surface area contributed by atoms with Gasteiger partial charge in [0.2, 0.25) is 0 Å². The molecule has 0 aliphatic rings. The predicted octanol–water partition coefficient (Wildman–Crippen LogP) is 4.14. The third-order valence-electron chi connectivity index (χ3n) is 3.10. The molecule has 2 heteroatoms. The fourth-order valence-corrected chi connectivity index (χ4v) is 2.00. The lowest BCUT2D eigenvalue weighted by Crippen LogP contribution is -2.29. The molecule has 104 valence electrons. The van der Waals surface area contributed by atoms with Gasteiger partial charge in [-0.25, -0.2) is 0 Å². The van der Waals surface area contributed by atoms with Crippen LogP contribution in [-0.2, 0) is 4.74 Å². The van der Waals surface area contributed by atoms with Crippen LogP contribution in [0.25, 0.3) is 0 Å². The first kappa shape index (κ1) is 16.9. The molecule has 0 spiro atoms. The molecule has 0 aromatic carbocycles. The number of nitrogens with one attached hydrogen (secondary N) is 1. The van der Waals surface area contributed by atoms with E-state index in [2.05, 4.69) is 26.1 Å². The van der Waals surface area contributed by atoms with Crippen molar-refractivity contribution in [2.45, 2.75) is 78.2 Å². The molecule has 0 fully saturated rings. The Kier molecular flexibility index (Phi) is 13.9. The van der Waals surface area contributed by atoms with E-state index < -0.39 is 0 Å². The van der Waals surface area contributed by atoms with Gasteiger partial charge in [0.15, 0.2) is 0 Å².